The minimum Gasteiger partial charge on any atom is -0.324 e. The molecule has 1 atom stereocenters. The predicted octanol–water partition coefficient (Wildman–Crippen LogP) is 3.07. The van der Waals surface area contributed by atoms with E-state index in [4.69, 9.17) is 5.73 Å². The SMILES string of the molecule is C=CCCC(N)c1c(F)cc(F)cc1F. The Morgan fingerprint density at radius 1 is 1.27 bits per heavy atom. The van der Waals surface area contributed by atoms with Gasteiger partial charge in [0.1, 0.15) is 17.5 Å². The van der Waals surface area contributed by atoms with Gasteiger partial charge in [-0.1, -0.05) is 6.08 Å². The number of hydrogen-bond donors (Lipinski definition) is 1. The molecule has 0 saturated carbocycles. The van der Waals surface area contributed by atoms with Crippen LogP contribution in [-0.4, -0.2) is 0 Å². The molecule has 0 bridgehead atoms. The van der Waals surface area contributed by atoms with Crippen molar-refractivity contribution in [2.45, 2.75) is 18.9 Å². The summed E-state index contributed by atoms with van der Waals surface area (Å²) in [5, 5.41) is 0. The molecule has 15 heavy (non-hydrogen) atoms. The topological polar surface area (TPSA) is 26.0 Å². The van der Waals surface area contributed by atoms with Crippen LogP contribution in [0.5, 0.6) is 0 Å². The van der Waals surface area contributed by atoms with Crippen molar-refractivity contribution in [1.29, 1.82) is 0 Å². The van der Waals surface area contributed by atoms with E-state index in [9.17, 15) is 13.2 Å². The molecule has 1 nitrogen and oxygen atoms in total. The number of hydrogen-bond acceptors (Lipinski definition) is 1. The first kappa shape index (κ1) is 11.8. The van der Waals surface area contributed by atoms with E-state index in [2.05, 4.69) is 6.58 Å². The Kier molecular flexibility index (Phi) is 3.91. The monoisotopic (exact) mass is 215 g/mol. The molecule has 0 spiro atoms. The van der Waals surface area contributed by atoms with Gasteiger partial charge in [0.25, 0.3) is 0 Å². The van der Waals surface area contributed by atoms with E-state index in [-0.39, 0.29) is 5.56 Å². The van der Waals surface area contributed by atoms with Crippen molar-refractivity contribution in [2.24, 2.45) is 5.73 Å². The maximum Gasteiger partial charge on any atom is 0.133 e. The Labute approximate surface area is 86.4 Å². The molecule has 82 valence electrons. The summed E-state index contributed by atoms with van der Waals surface area (Å²) < 4.78 is 39.0. The van der Waals surface area contributed by atoms with E-state index in [0.29, 0.717) is 25.0 Å². The van der Waals surface area contributed by atoms with Gasteiger partial charge in [-0.05, 0) is 12.8 Å². The van der Waals surface area contributed by atoms with Gasteiger partial charge in [-0.25, -0.2) is 13.2 Å². The molecule has 0 aliphatic carbocycles. The summed E-state index contributed by atoms with van der Waals surface area (Å²) >= 11 is 0. The summed E-state index contributed by atoms with van der Waals surface area (Å²) in [7, 11) is 0. The Hall–Kier alpha value is -1.29. The van der Waals surface area contributed by atoms with Crippen LogP contribution >= 0.6 is 0 Å². The third-order valence-electron chi connectivity index (χ3n) is 2.10. The van der Waals surface area contributed by atoms with Gasteiger partial charge < -0.3 is 5.73 Å². The van der Waals surface area contributed by atoms with Gasteiger partial charge in [-0.15, -0.1) is 6.58 Å². The zero-order valence-electron chi connectivity index (χ0n) is 8.14. The van der Waals surface area contributed by atoms with Crippen LogP contribution in [0.25, 0.3) is 0 Å². The van der Waals surface area contributed by atoms with Crippen molar-refractivity contribution in [2.75, 3.05) is 0 Å². The Balaban J connectivity index is 2.97. The van der Waals surface area contributed by atoms with Crippen LogP contribution in [0.4, 0.5) is 13.2 Å². The van der Waals surface area contributed by atoms with Gasteiger partial charge in [0.15, 0.2) is 0 Å². The molecule has 1 aromatic rings. The van der Waals surface area contributed by atoms with Crippen molar-refractivity contribution in [3.8, 4) is 0 Å². The second-order valence-electron chi connectivity index (χ2n) is 3.26. The minimum atomic E-state index is -0.941. The van der Waals surface area contributed by atoms with Crippen LogP contribution in [0.15, 0.2) is 24.8 Å². The van der Waals surface area contributed by atoms with Crippen molar-refractivity contribution >= 4 is 0 Å². The summed E-state index contributed by atoms with van der Waals surface area (Å²) in [4.78, 5) is 0. The summed E-state index contributed by atoms with van der Waals surface area (Å²) in [6.07, 6.45) is 2.54. The molecule has 2 N–H and O–H groups in total. The molecular formula is C11H12F3N. The maximum absolute atomic E-state index is 13.2. The fourth-order valence-electron chi connectivity index (χ4n) is 1.35. The standard InChI is InChI=1S/C11H12F3N/c1-2-3-4-10(15)11-8(13)5-7(12)6-9(11)14/h2,5-6,10H,1,3-4,15H2. The molecule has 0 radical (unpaired) electrons. The van der Waals surface area contributed by atoms with E-state index < -0.39 is 23.5 Å². The van der Waals surface area contributed by atoms with Crippen LogP contribution in [0.2, 0.25) is 0 Å². The van der Waals surface area contributed by atoms with Crippen molar-refractivity contribution in [1.82, 2.24) is 0 Å². The fraction of sp³-hybridized carbons (Fsp3) is 0.273. The van der Waals surface area contributed by atoms with Crippen LogP contribution in [-0.2, 0) is 0 Å². The van der Waals surface area contributed by atoms with Gasteiger partial charge in [0.05, 0.1) is 0 Å². The lowest BCUT2D eigenvalue weighted by molar-refractivity contribution is 0.494. The Morgan fingerprint density at radius 3 is 2.27 bits per heavy atom. The third-order valence-corrected chi connectivity index (χ3v) is 2.10. The molecule has 0 aromatic heterocycles. The fourth-order valence-corrected chi connectivity index (χ4v) is 1.35. The molecule has 0 aliphatic rings. The molecule has 1 aromatic carbocycles. The quantitative estimate of drug-likeness (QED) is 0.767. The first-order valence-electron chi connectivity index (χ1n) is 4.57. The molecule has 0 fully saturated rings. The van der Waals surface area contributed by atoms with Gasteiger partial charge in [-0.3, -0.25) is 0 Å². The molecule has 1 rings (SSSR count). The van der Waals surface area contributed by atoms with Crippen LogP contribution in [0.3, 0.4) is 0 Å². The zero-order chi connectivity index (χ0) is 11.4. The predicted molar refractivity (Wildman–Crippen MR) is 52.7 cm³/mol. The zero-order valence-corrected chi connectivity index (χ0v) is 8.14. The molecule has 0 amide bonds. The van der Waals surface area contributed by atoms with Gasteiger partial charge >= 0.3 is 0 Å². The largest absolute Gasteiger partial charge is 0.324 e. The maximum atomic E-state index is 13.2. The second-order valence-corrected chi connectivity index (χ2v) is 3.26. The second kappa shape index (κ2) is 4.98. The smallest absolute Gasteiger partial charge is 0.133 e. The van der Waals surface area contributed by atoms with E-state index in [0.717, 1.165) is 0 Å². The minimum absolute atomic E-state index is 0.266. The average molecular weight is 215 g/mol. The number of allylic oxidation sites excluding steroid dienone is 1. The van der Waals surface area contributed by atoms with Gasteiger partial charge in [-0.2, -0.15) is 0 Å². The first-order valence-corrected chi connectivity index (χ1v) is 4.57. The lowest BCUT2D eigenvalue weighted by Crippen LogP contribution is -2.14. The van der Waals surface area contributed by atoms with Crippen LogP contribution in [0.1, 0.15) is 24.4 Å². The Bertz CT molecular complexity index is 340. The lowest BCUT2D eigenvalue weighted by Gasteiger charge is -2.12. The molecule has 0 saturated heterocycles. The van der Waals surface area contributed by atoms with Crippen molar-refractivity contribution < 1.29 is 13.2 Å². The van der Waals surface area contributed by atoms with Gasteiger partial charge in [0.2, 0.25) is 0 Å². The number of rotatable bonds is 4. The first-order chi connectivity index (χ1) is 7.06. The van der Waals surface area contributed by atoms with E-state index in [1.165, 1.54) is 0 Å². The van der Waals surface area contributed by atoms with Crippen molar-refractivity contribution in [3.05, 3.63) is 47.8 Å². The summed E-state index contributed by atoms with van der Waals surface area (Å²) in [6.45, 7) is 3.48. The highest BCUT2D eigenvalue weighted by Gasteiger charge is 2.17. The normalized spacial score (nSPS) is 12.5. The summed E-state index contributed by atoms with van der Waals surface area (Å²) in [6, 6.07) is 0.488. The van der Waals surface area contributed by atoms with Crippen LogP contribution < -0.4 is 5.73 Å². The Morgan fingerprint density at radius 2 is 1.80 bits per heavy atom. The molecule has 1 unspecified atom stereocenters. The summed E-state index contributed by atoms with van der Waals surface area (Å²) in [5.74, 6) is -2.82. The highest BCUT2D eigenvalue weighted by atomic mass is 19.1. The molecule has 4 heteroatoms. The van der Waals surface area contributed by atoms with Gasteiger partial charge in [0, 0.05) is 23.7 Å². The molecule has 0 heterocycles. The lowest BCUT2D eigenvalue weighted by atomic mass is 10.0. The van der Waals surface area contributed by atoms with E-state index in [1.807, 2.05) is 0 Å². The number of nitrogens with two attached hydrogens (primary N) is 1. The highest BCUT2D eigenvalue weighted by Crippen LogP contribution is 2.23. The van der Waals surface area contributed by atoms with E-state index >= 15 is 0 Å². The number of benzene rings is 1. The third kappa shape index (κ3) is 2.83. The van der Waals surface area contributed by atoms with Crippen molar-refractivity contribution in [3.63, 3.8) is 0 Å². The molecular weight excluding hydrogens is 203 g/mol. The summed E-state index contributed by atoms with van der Waals surface area (Å²) in [5.41, 5.74) is 5.32. The highest BCUT2D eigenvalue weighted by molar-refractivity contribution is 5.24. The molecule has 0 aliphatic heterocycles. The van der Waals surface area contributed by atoms with E-state index in [1.54, 1.807) is 6.08 Å². The average Bonchev–Trinajstić information content (AvgIpc) is 2.12. The van der Waals surface area contributed by atoms with Crippen LogP contribution in [0, 0.1) is 17.5 Å². The number of halogens is 3.